The summed E-state index contributed by atoms with van der Waals surface area (Å²) >= 11 is 0. The molecule has 1 N–H and O–H groups in total. The predicted octanol–water partition coefficient (Wildman–Crippen LogP) is 3.25. The van der Waals surface area contributed by atoms with Crippen LogP contribution in [0.25, 0.3) is 0 Å². The maximum Gasteiger partial charge on any atom is 0.261 e. The fraction of sp³-hybridized carbons (Fsp3) is 0.368. The number of halogens is 1. The molecule has 1 fully saturated rings. The van der Waals surface area contributed by atoms with Gasteiger partial charge in [-0.3, -0.25) is 4.72 Å². The van der Waals surface area contributed by atoms with E-state index in [9.17, 15) is 12.8 Å². The van der Waals surface area contributed by atoms with Crippen LogP contribution >= 0.6 is 0 Å². The van der Waals surface area contributed by atoms with Gasteiger partial charge in [0, 0.05) is 19.2 Å². The Morgan fingerprint density at radius 1 is 1.11 bits per heavy atom. The van der Waals surface area contributed by atoms with Crippen molar-refractivity contribution >= 4 is 21.4 Å². The van der Waals surface area contributed by atoms with Crippen molar-refractivity contribution in [3.63, 3.8) is 0 Å². The standard InChI is InChI=1S/C19H23FN2O4S/c1-13-11-22(12-14(2)26-13)19-9-4-15(10-18(19)20)21-27(23,24)17-7-5-16(25-3)6-8-17/h4-10,13-14,21H,11-12H2,1-3H3/t13-,14+. The Morgan fingerprint density at radius 3 is 2.30 bits per heavy atom. The van der Waals surface area contributed by atoms with Crippen LogP contribution in [0.5, 0.6) is 5.75 Å². The highest BCUT2D eigenvalue weighted by molar-refractivity contribution is 7.92. The van der Waals surface area contributed by atoms with E-state index in [-0.39, 0.29) is 22.8 Å². The smallest absolute Gasteiger partial charge is 0.261 e. The third-order valence-corrected chi connectivity index (χ3v) is 5.73. The van der Waals surface area contributed by atoms with E-state index >= 15 is 0 Å². The van der Waals surface area contributed by atoms with Crippen LogP contribution in [0.2, 0.25) is 0 Å². The van der Waals surface area contributed by atoms with Gasteiger partial charge in [-0.2, -0.15) is 0 Å². The molecular weight excluding hydrogens is 371 g/mol. The normalized spacial score (nSPS) is 20.4. The number of nitrogens with zero attached hydrogens (tertiary/aromatic N) is 1. The summed E-state index contributed by atoms with van der Waals surface area (Å²) in [5.41, 5.74) is 0.603. The van der Waals surface area contributed by atoms with Gasteiger partial charge in [0.25, 0.3) is 10.0 Å². The highest BCUT2D eigenvalue weighted by Crippen LogP contribution is 2.27. The van der Waals surface area contributed by atoms with Crippen LogP contribution in [0.4, 0.5) is 15.8 Å². The number of nitrogens with one attached hydrogen (secondary N) is 1. The SMILES string of the molecule is COc1ccc(S(=O)(=O)Nc2ccc(N3C[C@@H](C)O[C@@H](C)C3)c(F)c2)cc1. The van der Waals surface area contributed by atoms with Gasteiger partial charge in [-0.25, -0.2) is 12.8 Å². The molecule has 0 radical (unpaired) electrons. The topological polar surface area (TPSA) is 67.9 Å². The molecule has 0 amide bonds. The monoisotopic (exact) mass is 394 g/mol. The molecule has 0 spiro atoms. The Bertz CT molecular complexity index is 892. The quantitative estimate of drug-likeness (QED) is 0.843. The molecule has 3 rings (SSSR count). The number of hydrogen-bond donors (Lipinski definition) is 1. The molecule has 146 valence electrons. The molecule has 0 aliphatic carbocycles. The first kappa shape index (κ1) is 19.4. The number of hydrogen-bond acceptors (Lipinski definition) is 5. The molecule has 27 heavy (non-hydrogen) atoms. The molecule has 2 aromatic carbocycles. The summed E-state index contributed by atoms with van der Waals surface area (Å²) in [5.74, 6) is 0.0737. The molecule has 0 saturated carbocycles. The van der Waals surface area contributed by atoms with Crippen molar-refractivity contribution in [1.82, 2.24) is 0 Å². The first-order valence-corrected chi connectivity index (χ1v) is 10.1. The summed E-state index contributed by atoms with van der Waals surface area (Å²) in [6.45, 7) is 5.05. The Kier molecular flexibility index (Phi) is 5.57. The van der Waals surface area contributed by atoms with Crippen LogP contribution < -0.4 is 14.4 Å². The first-order chi connectivity index (χ1) is 12.8. The molecule has 1 aliphatic rings. The Balaban J connectivity index is 1.78. The second-order valence-electron chi connectivity index (χ2n) is 6.61. The van der Waals surface area contributed by atoms with Crippen LogP contribution in [0.3, 0.4) is 0 Å². The number of morpholine rings is 1. The summed E-state index contributed by atoms with van der Waals surface area (Å²) in [4.78, 5) is 1.99. The number of anilines is 2. The molecule has 0 unspecified atom stereocenters. The molecule has 1 heterocycles. The van der Waals surface area contributed by atoms with Crippen molar-refractivity contribution in [1.29, 1.82) is 0 Å². The van der Waals surface area contributed by atoms with Crippen molar-refractivity contribution in [2.24, 2.45) is 0 Å². The van der Waals surface area contributed by atoms with Crippen LogP contribution in [-0.2, 0) is 14.8 Å². The molecular formula is C19H23FN2O4S. The molecule has 2 aromatic rings. The minimum atomic E-state index is -3.82. The van der Waals surface area contributed by atoms with Gasteiger partial charge in [0.15, 0.2) is 0 Å². The summed E-state index contributed by atoms with van der Waals surface area (Å²) in [7, 11) is -2.31. The second kappa shape index (κ2) is 7.74. The zero-order valence-electron chi connectivity index (χ0n) is 15.5. The van der Waals surface area contributed by atoms with Gasteiger partial charge in [-0.1, -0.05) is 0 Å². The van der Waals surface area contributed by atoms with Crippen LogP contribution in [0, 0.1) is 5.82 Å². The zero-order valence-corrected chi connectivity index (χ0v) is 16.3. The molecule has 1 saturated heterocycles. The first-order valence-electron chi connectivity index (χ1n) is 8.65. The number of benzene rings is 2. The lowest BCUT2D eigenvalue weighted by molar-refractivity contribution is -0.00539. The summed E-state index contributed by atoms with van der Waals surface area (Å²) < 4.78 is 52.7. The van der Waals surface area contributed by atoms with Gasteiger partial charge in [-0.15, -0.1) is 0 Å². The molecule has 6 nitrogen and oxygen atoms in total. The third-order valence-electron chi connectivity index (χ3n) is 4.33. The van der Waals surface area contributed by atoms with Gasteiger partial charge < -0.3 is 14.4 Å². The Hall–Kier alpha value is -2.32. The Morgan fingerprint density at radius 2 is 1.74 bits per heavy atom. The average Bonchev–Trinajstić information content (AvgIpc) is 2.60. The summed E-state index contributed by atoms with van der Waals surface area (Å²) in [5, 5.41) is 0. The zero-order chi connectivity index (χ0) is 19.6. The van der Waals surface area contributed by atoms with Crippen molar-refractivity contribution in [2.45, 2.75) is 31.0 Å². The fourth-order valence-electron chi connectivity index (χ4n) is 3.17. The molecule has 0 bridgehead atoms. The largest absolute Gasteiger partial charge is 0.497 e. The highest BCUT2D eigenvalue weighted by atomic mass is 32.2. The summed E-state index contributed by atoms with van der Waals surface area (Å²) in [6.07, 6.45) is 0.00260. The van der Waals surface area contributed by atoms with E-state index < -0.39 is 15.8 Å². The van der Waals surface area contributed by atoms with Gasteiger partial charge in [-0.05, 0) is 50.2 Å². The summed E-state index contributed by atoms with van der Waals surface area (Å²) in [6, 6.07) is 10.3. The maximum atomic E-state index is 14.6. The van der Waals surface area contributed by atoms with E-state index in [0.29, 0.717) is 24.5 Å². The fourth-order valence-corrected chi connectivity index (χ4v) is 4.22. The molecule has 8 heteroatoms. The molecule has 0 aromatic heterocycles. The van der Waals surface area contributed by atoms with Crippen LogP contribution in [-0.4, -0.2) is 40.8 Å². The van der Waals surface area contributed by atoms with Crippen molar-refractivity contribution < 1.29 is 22.3 Å². The third kappa shape index (κ3) is 4.51. The number of sulfonamides is 1. The van der Waals surface area contributed by atoms with E-state index in [0.717, 1.165) is 0 Å². The van der Waals surface area contributed by atoms with Crippen LogP contribution in [0.15, 0.2) is 47.4 Å². The van der Waals surface area contributed by atoms with Gasteiger partial charge in [0.2, 0.25) is 0 Å². The molecule has 2 atom stereocenters. The second-order valence-corrected chi connectivity index (χ2v) is 8.29. The van der Waals surface area contributed by atoms with Crippen LogP contribution in [0.1, 0.15) is 13.8 Å². The van der Waals surface area contributed by atoms with Crippen molar-refractivity contribution in [3.8, 4) is 5.75 Å². The minimum absolute atomic E-state index is 0.00130. The minimum Gasteiger partial charge on any atom is -0.497 e. The van der Waals surface area contributed by atoms with Gasteiger partial charge in [0.1, 0.15) is 11.6 Å². The lowest BCUT2D eigenvalue weighted by atomic mass is 10.2. The number of methoxy groups -OCH3 is 1. The lowest BCUT2D eigenvalue weighted by Gasteiger charge is -2.37. The number of rotatable bonds is 5. The van der Waals surface area contributed by atoms with Gasteiger partial charge in [0.05, 0.1) is 35.6 Å². The van der Waals surface area contributed by atoms with E-state index in [4.69, 9.17) is 9.47 Å². The van der Waals surface area contributed by atoms with Gasteiger partial charge >= 0.3 is 0 Å². The van der Waals surface area contributed by atoms with Crippen molar-refractivity contribution in [2.75, 3.05) is 29.8 Å². The maximum absolute atomic E-state index is 14.6. The predicted molar refractivity (Wildman–Crippen MR) is 102 cm³/mol. The number of ether oxygens (including phenoxy) is 2. The average molecular weight is 394 g/mol. The van der Waals surface area contributed by atoms with E-state index in [2.05, 4.69) is 4.72 Å². The molecule has 1 aliphatic heterocycles. The lowest BCUT2D eigenvalue weighted by Crippen LogP contribution is -2.45. The van der Waals surface area contributed by atoms with E-state index in [1.165, 1.54) is 25.3 Å². The van der Waals surface area contributed by atoms with E-state index in [1.807, 2.05) is 18.7 Å². The Labute approximate surface area is 159 Å². The van der Waals surface area contributed by atoms with Crippen molar-refractivity contribution in [3.05, 3.63) is 48.3 Å². The van der Waals surface area contributed by atoms with E-state index in [1.54, 1.807) is 24.3 Å². The highest BCUT2D eigenvalue weighted by Gasteiger charge is 2.24.